The second kappa shape index (κ2) is 6.61. The zero-order valence-electron chi connectivity index (χ0n) is 10.8. The normalized spacial score (nSPS) is 11.5. The minimum atomic E-state index is -4.74. The zero-order valence-corrected chi connectivity index (χ0v) is 13.2. The monoisotopic (exact) mass is 382 g/mol. The Morgan fingerprint density at radius 1 is 1.33 bits per heavy atom. The van der Waals surface area contributed by atoms with Crippen LogP contribution in [0.15, 0.2) is 22.7 Å². The van der Waals surface area contributed by atoms with Gasteiger partial charge in [0.1, 0.15) is 17.3 Å². The Morgan fingerprint density at radius 2 is 2.10 bits per heavy atom. The molecule has 2 rings (SSSR count). The Kier molecular flexibility index (Phi) is 5.04. The van der Waals surface area contributed by atoms with Crippen LogP contribution in [0.2, 0.25) is 0 Å². The number of alkyl halides is 3. The maximum absolute atomic E-state index is 12.2. The molecular weight excluding hydrogens is 373 g/mol. The first-order valence-electron chi connectivity index (χ1n) is 5.93. The molecule has 0 fully saturated rings. The molecule has 0 saturated heterocycles. The molecular formula is C12H10BrF3N2O2S. The standard InChI is InChI=1S/C12H10BrF3N2O2S/c1-2-3-10-17-11(21-18-10)19-7-4-5-9(8(13)6-7)20-12(14,15)16/h4-6H,2-3H2,1H3. The summed E-state index contributed by atoms with van der Waals surface area (Å²) in [7, 11) is 0. The van der Waals surface area contributed by atoms with Gasteiger partial charge in [-0.05, 0) is 40.5 Å². The second-order valence-corrected chi connectivity index (χ2v) is 5.54. The van der Waals surface area contributed by atoms with Gasteiger partial charge in [-0.2, -0.15) is 9.36 Å². The van der Waals surface area contributed by atoms with E-state index in [9.17, 15) is 13.2 Å². The van der Waals surface area contributed by atoms with E-state index < -0.39 is 6.36 Å². The summed E-state index contributed by atoms with van der Waals surface area (Å²) in [4.78, 5) is 4.17. The number of hydrogen-bond donors (Lipinski definition) is 0. The van der Waals surface area contributed by atoms with Crippen molar-refractivity contribution in [1.82, 2.24) is 9.36 Å². The van der Waals surface area contributed by atoms with Crippen molar-refractivity contribution in [2.45, 2.75) is 26.1 Å². The van der Waals surface area contributed by atoms with Crippen molar-refractivity contribution >= 4 is 27.5 Å². The lowest BCUT2D eigenvalue weighted by atomic mass is 10.3. The van der Waals surface area contributed by atoms with Crippen LogP contribution in [0.5, 0.6) is 16.7 Å². The molecule has 114 valence electrons. The lowest BCUT2D eigenvalue weighted by molar-refractivity contribution is -0.274. The first kappa shape index (κ1) is 16.0. The van der Waals surface area contributed by atoms with Crippen LogP contribution >= 0.6 is 27.5 Å². The van der Waals surface area contributed by atoms with Crippen LogP contribution in [0.3, 0.4) is 0 Å². The third-order valence-corrected chi connectivity index (χ3v) is 3.51. The van der Waals surface area contributed by atoms with Gasteiger partial charge in [-0.1, -0.05) is 6.92 Å². The third kappa shape index (κ3) is 4.85. The molecule has 21 heavy (non-hydrogen) atoms. The molecule has 1 heterocycles. The molecule has 0 radical (unpaired) electrons. The summed E-state index contributed by atoms with van der Waals surface area (Å²) in [6.07, 6.45) is -3.06. The smallest absolute Gasteiger partial charge is 0.430 e. The van der Waals surface area contributed by atoms with Gasteiger partial charge in [0.05, 0.1) is 4.47 Å². The minimum Gasteiger partial charge on any atom is -0.430 e. The molecule has 0 aliphatic heterocycles. The molecule has 0 atom stereocenters. The highest BCUT2D eigenvalue weighted by Crippen LogP contribution is 2.34. The molecule has 0 unspecified atom stereocenters. The molecule has 0 N–H and O–H groups in total. The zero-order chi connectivity index (χ0) is 15.5. The molecule has 9 heteroatoms. The fraction of sp³-hybridized carbons (Fsp3) is 0.333. The first-order valence-corrected chi connectivity index (χ1v) is 7.50. The average molecular weight is 383 g/mol. The fourth-order valence-corrected chi connectivity index (χ4v) is 2.49. The summed E-state index contributed by atoms with van der Waals surface area (Å²) >= 11 is 4.10. The lowest BCUT2D eigenvalue weighted by Crippen LogP contribution is -2.17. The number of nitrogens with zero attached hydrogens (tertiary/aromatic N) is 2. The van der Waals surface area contributed by atoms with E-state index in [1.165, 1.54) is 18.2 Å². The Labute approximate surface area is 131 Å². The second-order valence-electron chi connectivity index (χ2n) is 3.97. The van der Waals surface area contributed by atoms with Gasteiger partial charge in [0.15, 0.2) is 0 Å². The van der Waals surface area contributed by atoms with E-state index in [0.29, 0.717) is 16.8 Å². The van der Waals surface area contributed by atoms with Crippen LogP contribution in [0.4, 0.5) is 13.2 Å². The average Bonchev–Trinajstić information content (AvgIpc) is 2.79. The van der Waals surface area contributed by atoms with Gasteiger partial charge < -0.3 is 9.47 Å². The molecule has 0 bridgehead atoms. The number of ether oxygens (including phenoxy) is 2. The first-order chi connectivity index (χ1) is 9.87. The Bertz CT molecular complexity index is 619. The molecule has 0 spiro atoms. The number of halogens is 4. The number of benzene rings is 1. The quantitative estimate of drug-likeness (QED) is 0.734. The summed E-state index contributed by atoms with van der Waals surface area (Å²) in [6.45, 7) is 2.01. The van der Waals surface area contributed by atoms with Crippen molar-refractivity contribution < 1.29 is 22.6 Å². The van der Waals surface area contributed by atoms with Gasteiger partial charge in [0.25, 0.3) is 5.19 Å². The van der Waals surface area contributed by atoms with E-state index >= 15 is 0 Å². The van der Waals surface area contributed by atoms with E-state index in [2.05, 4.69) is 30.0 Å². The van der Waals surface area contributed by atoms with Crippen molar-refractivity contribution in [3.05, 3.63) is 28.5 Å². The van der Waals surface area contributed by atoms with Crippen LogP contribution in [-0.4, -0.2) is 15.7 Å². The summed E-state index contributed by atoms with van der Waals surface area (Å²) in [5.41, 5.74) is 0. The van der Waals surface area contributed by atoms with Crippen molar-refractivity contribution in [2.24, 2.45) is 0 Å². The Hall–Kier alpha value is -1.35. The van der Waals surface area contributed by atoms with Crippen molar-refractivity contribution in [2.75, 3.05) is 0 Å². The predicted molar refractivity (Wildman–Crippen MR) is 74.8 cm³/mol. The van der Waals surface area contributed by atoms with E-state index in [4.69, 9.17) is 4.74 Å². The van der Waals surface area contributed by atoms with Crippen LogP contribution in [-0.2, 0) is 6.42 Å². The largest absolute Gasteiger partial charge is 0.573 e. The molecule has 0 saturated carbocycles. The highest BCUT2D eigenvalue weighted by Gasteiger charge is 2.32. The molecule has 1 aromatic heterocycles. The molecule has 4 nitrogen and oxygen atoms in total. The van der Waals surface area contributed by atoms with Crippen molar-refractivity contribution in [3.8, 4) is 16.7 Å². The van der Waals surface area contributed by atoms with Gasteiger partial charge >= 0.3 is 6.36 Å². The summed E-state index contributed by atoms with van der Waals surface area (Å²) in [6, 6.07) is 3.91. The van der Waals surface area contributed by atoms with Crippen LogP contribution in [0, 0.1) is 0 Å². The van der Waals surface area contributed by atoms with Gasteiger partial charge in [0.2, 0.25) is 0 Å². The number of hydrogen-bond acceptors (Lipinski definition) is 5. The summed E-state index contributed by atoms with van der Waals surface area (Å²) < 4.78 is 50.0. The van der Waals surface area contributed by atoms with E-state index in [-0.39, 0.29) is 10.2 Å². The van der Waals surface area contributed by atoms with Gasteiger partial charge in [-0.15, -0.1) is 13.2 Å². The van der Waals surface area contributed by atoms with Gasteiger partial charge in [0, 0.05) is 18.0 Å². The third-order valence-electron chi connectivity index (χ3n) is 2.26. The van der Waals surface area contributed by atoms with Crippen LogP contribution in [0.25, 0.3) is 0 Å². The predicted octanol–water partition coefficient (Wildman–Crippen LogP) is 4.94. The fourth-order valence-electron chi connectivity index (χ4n) is 1.46. The van der Waals surface area contributed by atoms with Crippen molar-refractivity contribution in [1.29, 1.82) is 0 Å². The number of rotatable bonds is 5. The maximum atomic E-state index is 12.2. The number of aromatic nitrogens is 2. The molecule has 0 amide bonds. The van der Waals surface area contributed by atoms with E-state index in [1.807, 2.05) is 6.92 Å². The molecule has 0 aliphatic rings. The highest BCUT2D eigenvalue weighted by molar-refractivity contribution is 9.10. The van der Waals surface area contributed by atoms with E-state index in [0.717, 1.165) is 24.4 Å². The van der Waals surface area contributed by atoms with Crippen LogP contribution < -0.4 is 9.47 Å². The molecule has 1 aromatic carbocycles. The highest BCUT2D eigenvalue weighted by atomic mass is 79.9. The van der Waals surface area contributed by atoms with E-state index in [1.54, 1.807) is 0 Å². The molecule has 2 aromatic rings. The SMILES string of the molecule is CCCc1nsc(Oc2ccc(OC(F)(F)F)c(Br)c2)n1. The minimum absolute atomic E-state index is 0.135. The van der Waals surface area contributed by atoms with Crippen molar-refractivity contribution in [3.63, 3.8) is 0 Å². The maximum Gasteiger partial charge on any atom is 0.573 e. The summed E-state index contributed by atoms with van der Waals surface area (Å²) in [5.74, 6) is 0.697. The van der Waals surface area contributed by atoms with Gasteiger partial charge in [-0.25, -0.2) is 0 Å². The Morgan fingerprint density at radius 3 is 2.71 bits per heavy atom. The van der Waals surface area contributed by atoms with Gasteiger partial charge in [-0.3, -0.25) is 0 Å². The topological polar surface area (TPSA) is 44.2 Å². The Balaban J connectivity index is 2.09. The number of aryl methyl sites for hydroxylation is 1. The molecule has 0 aliphatic carbocycles. The lowest BCUT2D eigenvalue weighted by Gasteiger charge is -2.11. The summed E-state index contributed by atoms with van der Waals surface area (Å²) in [5, 5.41) is 0.342. The van der Waals surface area contributed by atoms with Crippen LogP contribution in [0.1, 0.15) is 19.2 Å².